The van der Waals surface area contributed by atoms with Crippen LogP contribution in [0.15, 0.2) is 28.1 Å². The SMILES string of the molecule is O=C(O)CCC1=C(O[C@@H]2O[C@H](CO)[C@@H](O)[C@H](O)[C@H]2O)Cc2occc2C1. The van der Waals surface area contributed by atoms with Crippen LogP contribution < -0.4 is 0 Å². The lowest BCUT2D eigenvalue weighted by atomic mass is 9.92. The van der Waals surface area contributed by atoms with Crippen LogP contribution in [-0.2, 0) is 27.1 Å². The number of aliphatic hydroxyl groups is 4. The standard InChI is InChI=1S/C17H22O9/c18-7-12-14(21)15(22)16(23)17(26-12)25-11-6-10-9(3-4-24-10)5-8(11)1-2-13(19)20/h3-4,12,14-18,21-23H,1-2,5-7H2,(H,19,20)/t12-,14-,15+,16-,17-/m1/s1. The van der Waals surface area contributed by atoms with Crippen molar-refractivity contribution in [1.82, 2.24) is 0 Å². The minimum Gasteiger partial charge on any atom is -0.481 e. The molecule has 26 heavy (non-hydrogen) atoms. The fourth-order valence-electron chi connectivity index (χ4n) is 3.19. The van der Waals surface area contributed by atoms with Crippen molar-refractivity contribution in [3.63, 3.8) is 0 Å². The van der Waals surface area contributed by atoms with Crippen LogP contribution in [0.3, 0.4) is 0 Å². The lowest BCUT2D eigenvalue weighted by Gasteiger charge is -2.40. The number of carboxylic acid groups (broad SMARTS) is 1. The Bertz CT molecular complexity index is 678. The van der Waals surface area contributed by atoms with E-state index in [2.05, 4.69) is 0 Å². The van der Waals surface area contributed by atoms with E-state index in [1.165, 1.54) is 6.26 Å². The summed E-state index contributed by atoms with van der Waals surface area (Å²) < 4.78 is 16.5. The summed E-state index contributed by atoms with van der Waals surface area (Å²) in [5.41, 5.74) is 1.67. The van der Waals surface area contributed by atoms with Crippen LogP contribution in [-0.4, -0.2) is 68.8 Å². The van der Waals surface area contributed by atoms with Gasteiger partial charge in [0.15, 0.2) is 0 Å². The van der Waals surface area contributed by atoms with Gasteiger partial charge in [0.25, 0.3) is 0 Å². The molecule has 1 aliphatic heterocycles. The Morgan fingerprint density at radius 1 is 1.19 bits per heavy atom. The molecule has 9 nitrogen and oxygen atoms in total. The normalized spacial score (nSPS) is 31.6. The van der Waals surface area contributed by atoms with Crippen LogP contribution in [0.25, 0.3) is 0 Å². The summed E-state index contributed by atoms with van der Waals surface area (Å²) in [6.45, 7) is -0.557. The average Bonchev–Trinajstić information content (AvgIpc) is 3.07. The minimum atomic E-state index is -1.54. The largest absolute Gasteiger partial charge is 0.481 e. The molecule has 0 spiro atoms. The number of hydrogen-bond acceptors (Lipinski definition) is 8. The highest BCUT2D eigenvalue weighted by Gasteiger charge is 2.45. The summed E-state index contributed by atoms with van der Waals surface area (Å²) in [6, 6.07) is 1.81. The van der Waals surface area contributed by atoms with Gasteiger partial charge in [-0.05, 0) is 23.6 Å². The van der Waals surface area contributed by atoms with Gasteiger partial charge in [-0.1, -0.05) is 0 Å². The maximum Gasteiger partial charge on any atom is 0.303 e. The van der Waals surface area contributed by atoms with Crippen LogP contribution in [0.1, 0.15) is 24.2 Å². The number of aliphatic hydroxyl groups excluding tert-OH is 4. The van der Waals surface area contributed by atoms with E-state index in [0.29, 0.717) is 17.9 Å². The fourth-order valence-corrected chi connectivity index (χ4v) is 3.19. The van der Waals surface area contributed by atoms with Gasteiger partial charge in [-0.3, -0.25) is 4.79 Å². The molecule has 0 bridgehead atoms. The monoisotopic (exact) mass is 370 g/mol. The average molecular weight is 370 g/mol. The first-order valence-electron chi connectivity index (χ1n) is 8.35. The second kappa shape index (κ2) is 7.77. The van der Waals surface area contributed by atoms with Crippen LogP contribution >= 0.6 is 0 Å². The molecule has 5 atom stereocenters. The van der Waals surface area contributed by atoms with E-state index in [9.17, 15) is 25.2 Å². The summed E-state index contributed by atoms with van der Waals surface area (Å²) in [5.74, 6) is 0.129. The first-order valence-corrected chi connectivity index (χ1v) is 8.35. The third-order valence-corrected chi connectivity index (χ3v) is 4.70. The van der Waals surface area contributed by atoms with Crippen molar-refractivity contribution in [2.24, 2.45) is 0 Å². The van der Waals surface area contributed by atoms with Crippen molar-refractivity contribution < 1.29 is 44.2 Å². The molecule has 2 heterocycles. The van der Waals surface area contributed by atoms with Gasteiger partial charge in [0, 0.05) is 12.8 Å². The lowest BCUT2D eigenvalue weighted by Crippen LogP contribution is -2.59. The Morgan fingerprint density at radius 2 is 1.96 bits per heavy atom. The van der Waals surface area contributed by atoms with Crippen LogP contribution in [0.5, 0.6) is 0 Å². The van der Waals surface area contributed by atoms with E-state index >= 15 is 0 Å². The Balaban J connectivity index is 1.80. The van der Waals surface area contributed by atoms with E-state index in [1.54, 1.807) is 6.07 Å². The maximum atomic E-state index is 10.9. The molecule has 2 aliphatic rings. The Hall–Kier alpha value is -1.91. The topological polar surface area (TPSA) is 150 Å². The first-order chi connectivity index (χ1) is 12.4. The highest BCUT2D eigenvalue weighted by molar-refractivity contribution is 5.67. The molecule has 0 saturated carbocycles. The Morgan fingerprint density at radius 3 is 2.65 bits per heavy atom. The number of fused-ring (bicyclic) bond motifs is 1. The number of hydrogen-bond donors (Lipinski definition) is 5. The molecule has 144 valence electrons. The minimum absolute atomic E-state index is 0.0793. The third-order valence-electron chi connectivity index (χ3n) is 4.70. The predicted octanol–water partition coefficient (Wildman–Crippen LogP) is -0.686. The molecule has 1 aliphatic carbocycles. The van der Waals surface area contributed by atoms with Gasteiger partial charge in [0.2, 0.25) is 6.29 Å². The number of aliphatic carboxylic acids is 1. The van der Waals surface area contributed by atoms with E-state index in [4.69, 9.17) is 19.0 Å². The van der Waals surface area contributed by atoms with Crippen molar-refractivity contribution in [2.75, 3.05) is 6.61 Å². The second-order valence-corrected chi connectivity index (χ2v) is 6.46. The fraction of sp³-hybridized carbons (Fsp3) is 0.588. The van der Waals surface area contributed by atoms with Crippen LogP contribution in [0.4, 0.5) is 0 Å². The van der Waals surface area contributed by atoms with Crippen molar-refractivity contribution in [3.8, 4) is 0 Å². The van der Waals surface area contributed by atoms with Gasteiger partial charge in [0.1, 0.15) is 35.9 Å². The molecule has 1 fully saturated rings. The first kappa shape index (κ1) is 18.9. The number of furan rings is 1. The van der Waals surface area contributed by atoms with E-state index in [0.717, 1.165) is 11.1 Å². The summed E-state index contributed by atoms with van der Waals surface area (Å²) >= 11 is 0. The number of ether oxygens (including phenoxy) is 2. The molecule has 1 aromatic rings. The highest BCUT2D eigenvalue weighted by Crippen LogP contribution is 2.33. The van der Waals surface area contributed by atoms with Gasteiger partial charge in [-0.15, -0.1) is 0 Å². The van der Waals surface area contributed by atoms with Crippen molar-refractivity contribution in [2.45, 2.75) is 56.4 Å². The van der Waals surface area contributed by atoms with E-state index < -0.39 is 43.3 Å². The zero-order valence-corrected chi connectivity index (χ0v) is 13.9. The second-order valence-electron chi connectivity index (χ2n) is 6.46. The molecule has 5 N–H and O–H groups in total. The van der Waals surface area contributed by atoms with Gasteiger partial charge >= 0.3 is 5.97 Å². The quantitative estimate of drug-likeness (QED) is 0.438. The van der Waals surface area contributed by atoms with E-state index in [-0.39, 0.29) is 19.3 Å². The summed E-state index contributed by atoms with van der Waals surface area (Å²) in [5, 5.41) is 48.1. The summed E-state index contributed by atoms with van der Waals surface area (Å²) in [6.07, 6.45) is -4.51. The lowest BCUT2D eigenvalue weighted by molar-refractivity contribution is -0.292. The molecule has 0 amide bonds. The van der Waals surface area contributed by atoms with E-state index in [1.807, 2.05) is 0 Å². The highest BCUT2D eigenvalue weighted by atomic mass is 16.7. The molecular formula is C17H22O9. The molecule has 3 rings (SSSR count). The summed E-state index contributed by atoms with van der Waals surface area (Å²) in [4.78, 5) is 10.9. The zero-order chi connectivity index (χ0) is 18.8. The predicted molar refractivity (Wildman–Crippen MR) is 84.9 cm³/mol. The van der Waals surface area contributed by atoms with Crippen LogP contribution in [0.2, 0.25) is 0 Å². The smallest absolute Gasteiger partial charge is 0.303 e. The Kier molecular flexibility index (Phi) is 5.64. The number of carboxylic acids is 1. The van der Waals surface area contributed by atoms with Gasteiger partial charge in [-0.25, -0.2) is 0 Å². The van der Waals surface area contributed by atoms with Crippen molar-refractivity contribution in [3.05, 3.63) is 35.0 Å². The van der Waals surface area contributed by atoms with Gasteiger partial charge in [-0.2, -0.15) is 0 Å². The van der Waals surface area contributed by atoms with Gasteiger partial charge in [0.05, 0.1) is 19.3 Å². The molecule has 9 heteroatoms. The van der Waals surface area contributed by atoms with Crippen molar-refractivity contribution >= 4 is 5.97 Å². The summed E-state index contributed by atoms with van der Waals surface area (Å²) in [7, 11) is 0. The Labute approximate surface area is 149 Å². The molecule has 0 aromatic carbocycles. The molecule has 1 aromatic heterocycles. The molecule has 0 unspecified atom stereocenters. The number of allylic oxidation sites excluding steroid dienone is 2. The van der Waals surface area contributed by atoms with Crippen molar-refractivity contribution in [1.29, 1.82) is 0 Å². The zero-order valence-electron chi connectivity index (χ0n) is 13.9. The number of carbonyl (C=O) groups is 1. The molecule has 0 radical (unpaired) electrons. The maximum absolute atomic E-state index is 10.9. The third kappa shape index (κ3) is 3.76. The molecule has 1 saturated heterocycles. The number of rotatable bonds is 6. The van der Waals surface area contributed by atoms with Gasteiger partial charge < -0.3 is 39.4 Å². The molecular weight excluding hydrogens is 348 g/mol. The van der Waals surface area contributed by atoms with Crippen LogP contribution in [0, 0.1) is 0 Å².